The Morgan fingerprint density at radius 1 is 1.26 bits per heavy atom. The highest BCUT2D eigenvalue weighted by Crippen LogP contribution is 2.28. The lowest BCUT2D eigenvalue weighted by Gasteiger charge is -2.35. The van der Waals surface area contributed by atoms with Crippen LogP contribution in [0.15, 0.2) is 41.7 Å². The first kappa shape index (κ1) is 19.0. The lowest BCUT2D eigenvalue weighted by Crippen LogP contribution is -2.42. The van der Waals surface area contributed by atoms with Crippen molar-refractivity contribution in [2.75, 3.05) is 24.6 Å². The lowest BCUT2D eigenvalue weighted by molar-refractivity contribution is -0.138. The summed E-state index contributed by atoms with van der Waals surface area (Å²) in [5.41, 5.74) is 2.88. The molecule has 7 heteroatoms. The van der Waals surface area contributed by atoms with Crippen LogP contribution in [0.1, 0.15) is 25.8 Å². The number of benzene rings is 1. The van der Waals surface area contributed by atoms with Crippen LogP contribution in [0.4, 0.5) is 10.3 Å². The fourth-order valence-electron chi connectivity index (χ4n) is 3.05. The third-order valence-corrected chi connectivity index (χ3v) is 4.55. The number of carbonyl (C=O) groups excluding carboxylic acids is 1. The summed E-state index contributed by atoms with van der Waals surface area (Å²) in [6, 6.07) is 4.85. The second-order valence-electron chi connectivity index (χ2n) is 6.22. The summed E-state index contributed by atoms with van der Waals surface area (Å²) in [4.78, 5) is 22.5. The predicted molar refractivity (Wildman–Crippen MR) is 99.5 cm³/mol. The minimum Gasteiger partial charge on any atom is -0.463 e. The van der Waals surface area contributed by atoms with Gasteiger partial charge in [-0.15, -0.1) is 0 Å². The number of aliphatic hydroxyl groups is 1. The summed E-state index contributed by atoms with van der Waals surface area (Å²) in [5.74, 6) is -0.196. The third-order valence-electron chi connectivity index (χ3n) is 4.55. The quantitative estimate of drug-likeness (QED) is 0.622. The smallest absolute Gasteiger partial charge is 0.334 e. The second kappa shape index (κ2) is 8.26. The van der Waals surface area contributed by atoms with Gasteiger partial charge in [-0.25, -0.2) is 19.2 Å². The number of hydrogen-bond donors (Lipinski definition) is 1. The highest BCUT2D eigenvalue weighted by atomic mass is 19.1. The molecule has 1 aliphatic rings. The molecule has 0 aliphatic carbocycles. The first-order valence-electron chi connectivity index (χ1n) is 8.92. The van der Waals surface area contributed by atoms with Crippen molar-refractivity contribution in [1.82, 2.24) is 9.97 Å². The zero-order valence-electron chi connectivity index (χ0n) is 15.4. The fraction of sp³-hybridized carbons (Fsp3) is 0.350. The molecule has 1 aliphatic heterocycles. The average molecular weight is 371 g/mol. The number of aromatic nitrogens is 2. The molecule has 1 aromatic heterocycles. The van der Waals surface area contributed by atoms with Crippen molar-refractivity contribution in [2.45, 2.75) is 26.9 Å². The number of anilines is 1. The number of aliphatic hydroxyl groups excluding tert-OH is 1. The van der Waals surface area contributed by atoms with Crippen LogP contribution in [0.3, 0.4) is 0 Å². The Labute approximate surface area is 157 Å². The van der Waals surface area contributed by atoms with Gasteiger partial charge in [-0.3, -0.25) is 0 Å². The molecule has 2 heterocycles. The Bertz CT molecular complexity index is 857. The number of carbonyl (C=O) groups is 1. The monoisotopic (exact) mass is 371 g/mol. The molecule has 0 radical (unpaired) electrons. The van der Waals surface area contributed by atoms with Crippen LogP contribution >= 0.6 is 0 Å². The molecule has 142 valence electrons. The Balaban J connectivity index is 1.74. The maximum atomic E-state index is 14.3. The molecular formula is C20H22FN3O3. The molecule has 0 atom stereocenters. The van der Waals surface area contributed by atoms with Gasteiger partial charge in [0.2, 0.25) is 5.95 Å². The van der Waals surface area contributed by atoms with E-state index in [0.717, 1.165) is 5.57 Å². The Morgan fingerprint density at radius 3 is 2.56 bits per heavy atom. The predicted octanol–water partition coefficient (Wildman–Crippen LogP) is 2.86. The van der Waals surface area contributed by atoms with E-state index in [9.17, 15) is 14.3 Å². The average Bonchev–Trinajstić information content (AvgIpc) is 2.65. The summed E-state index contributed by atoms with van der Waals surface area (Å²) in [6.45, 7) is 4.88. The summed E-state index contributed by atoms with van der Waals surface area (Å²) in [5, 5.41) is 9.19. The van der Waals surface area contributed by atoms with Crippen LogP contribution in [-0.4, -0.2) is 40.7 Å². The van der Waals surface area contributed by atoms with Crippen molar-refractivity contribution in [3.05, 3.63) is 53.1 Å². The van der Waals surface area contributed by atoms with Gasteiger partial charge in [-0.2, -0.15) is 0 Å². The number of esters is 1. The largest absolute Gasteiger partial charge is 0.463 e. The molecule has 1 N–H and O–H groups in total. The maximum Gasteiger partial charge on any atom is 0.334 e. The van der Waals surface area contributed by atoms with Crippen molar-refractivity contribution < 1.29 is 19.0 Å². The van der Waals surface area contributed by atoms with E-state index in [1.165, 1.54) is 6.07 Å². The molecule has 0 amide bonds. The topological polar surface area (TPSA) is 75.5 Å². The summed E-state index contributed by atoms with van der Waals surface area (Å²) in [6.07, 6.45) is 3.76. The fourth-order valence-corrected chi connectivity index (χ4v) is 3.05. The van der Waals surface area contributed by atoms with Crippen LogP contribution in [0.5, 0.6) is 0 Å². The number of rotatable bonds is 6. The summed E-state index contributed by atoms with van der Waals surface area (Å²) in [7, 11) is 0. The molecule has 2 aromatic rings. The van der Waals surface area contributed by atoms with Crippen LogP contribution in [0.2, 0.25) is 0 Å². The minimum atomic E-state index is -0.465. The Kier molecular flexibility index (Phi) is 5.81. The van der Waals surface area contributed by atoms with Gasteiger partial charge in [0.1, 0.15) is 5.82 Å². The van der Waals surface area contributed by atoms with Crippen LogP contribution < -0.4 is 4.90 Å². The van der Waals surface area contributed by atoms with E-state index in [1.807, 2.05) is 11.8 Å². The van der Waals surface area contributed by atoms with Gasteiger partial charge in [0, 0.05) is 47.7 Å². The second-order valence-corrected chi connectivity index (χ2v) is 6.22. The van der Waals surface area contributed by atoms with E-state index in [1.54, 1.807) is 31.5 Å². The van der Waals surface area contributed by atoms with Crippen molar-refractivity contribution in [2.24, 2.45) is 0 Å². The number of halogens is 1. The van der Waals surface area contributed by atoms with E-state index >= 15 is 0 Å². The molecule has 0 saturated carbocycles. The van der Waals surface area contributed by atoms with Gasteiger partial charge in [-0.05, 0) is 18.9 Å². The van der Waals surface area contributed by atoms with Crippen LogP contribution in [0, 0.1) is 5.82 Å². The van der Waals surface area contributed by atoms with Gasteiger partial charge in [0.25, 0.3) is 0 Å². The van der Waals surface area contributed by atoms with Crippen LogP contribution in [0.25, 0.3) is 11.1 Å². The Morgan fingerprint density at radius 2 is 1.96 bits per heavy atom. The van der Waals surface area contributed by atoms with Gasteiger partial charge in [0.05, 0.1) is 13.2 Å². The molecule has 27 heavy (non-hydrogen) atoms. The maximum absolute atomic E-state index is 14.3. The molecule has 1 aromatic carbocycles. The van der Waals surface area contributed by atoms with E-state index in [4.69, 9.17) is 4.74 Å². The van der Waals surface area contributed by atoms with Crippen molar-refractivity contribution in [1.29, 1.82) is 0 Å². The van der Waals surface area contributed by atoms with E-state index in [0.29, 0.717) is 48.8 Å². The van der Waals surface area contributed by atoms with E-state index < -0.39 is 5.82 Å². The summed E-state index contributed by atoms with van der Waals surface area (Å²) >= 11 is 0. The third kappa shape index (κ3) is 3.83. The molecular weight excluding hydrogens is 349 g/mol. The van der Waals surface area contributed by atoms with Crippen molar-refractivity contribution in [3.8, 4) is 11.1 Å². The van der Waals surface area contributed by atoms with Gasteiger partial charge < -0.3 is 14.7 Å². The van der Waals surface area contributed by atoms with Gasteiger partial charge in [-0.1, -0.05) is 25.1 Å². The number of hydrogen-bond acceptors (Lipinski definition) is 6. The zero-order chi connectivity index (χ0) is 19.4. The standard InChI is InChI=1S/C20H22FN3O3/c1-3-16(19(26)27-4-2)15-10-24(11-15)20-22-8-14(9-23-20)17-7-5-6-13(12-25)18(17)21/h5-9,25H,3-4,10-12H2,1-2H3. The normalized spacial score (nSPS) is 13.3. The van der Waals surface area contributed by atoms with Gasteiger partial charge in [0.15, 0.2) is 0 Å². The van der Waals surface area contributed by atoms with Crippen molar-refractivity contribution in [3.63, 3.8) is 0 Å². The minimum absolute atomic E-state index is 0.236. The SMILES string of the molecule is CCOC(=O)C(CC)=C1CN(c2ncc(-c3cccc(CO)c3F)cn2)C1. The molecule has 6 nitrogen and oxygen atoms in total. The summed E-state index contributed by atoms with van der Waals surface area (Å²) < 4.78 is 19.4. The molecule has 3 rings (SSSR count). The van der Waals surface area contributed by atoms with E-state index in [2.05, 4.69) is 9.97 Å². The van der Waals surface area contributed by atoms with Crippen molar-refractivity contribution >= 4 is 11.9 Å². The highest BCUT2D eigenvalue weighted by Gasteiger charge is 2.28. The lowest BCUT2D eigenvalue weighted by atomic mass is 9.99. The molecule has 1 fully saturated rings. The number of nitrogens with zero attached hydrogens (tertiary/aromatic N) is 3. The molecule has 0 unspecified atom stereocenters. The molecule has 0 bridgehead atoms. The first-order chi connectivity index (χ1) is 13.1. The first-order valence-corrected chi connectivity index (χ1v) is 8.92. The Hall–Kier alpha value is -2.80. The van der Waals surface area contributed by atoms with E-state index in [-0.39, 0.29) is 18.1 Å². The van der Waals surface area contributed by atoms with Crippen LogP contribution in [-0.2, 0) is 16.1 Å². The number of ether oxygens (including phenoxy) is 1. The zero-order valence-corrected chi connectivity index (χ0v) is 15.4. The molecule has 1 saturated heterocycles. The molecule has 0 spiro atoms. The highest BCUT2D eigenvalue weighted by molar-refractivity contribution is 5.90. The van der Waals surface area contributed by atoms with Gasteiger partial charge >= 0.3 is 5.97 Å².